The zero-order chi connectivity index (χ0) is 17.0. The molecule has 1 saturated heterocycles. The average molecular weight is 339 g/mol. The van der Waals surface area contributed by atoms with Gasteiger partial charge in [-0.3, -0.25) is 9.69 Å². The zero-order valence-corrected chi connectivity index (χ0v) is 14.8. The maximum absolute atomic E-state index is 12.1. The third-order valence-electron chi connectivity index (χ3n) is 4.03. The number of piperidine rings is 1. The lowest BCUT2D eigenvalue weighted by atomic mass is 10.0. The minimum Gasteiger partial charge on any atom is -0.325 e. The number of anilines is 1. The fourth-order valence-electron chi connectivity index (χ4n) is 2.75. The Hall–Kier alpha value is -1.44. The van der Waals surface area contributed by atoms with Gasteiger partial charge in [-0.05, 0) is 49.6 Å². The van der Waals surface area contributed by atoms with Gasteiger partial charge in [-0.15, -0.1) is 0 Å². The van der Waals surface area contributed by atoms with Crippen LogP contribution in [0.5, 0.6) is 0 Å². The lowest BCUT2D eigenvalue weighted by molar-refractivity contribution is -0.117. The summed E-state index contributed by atoms with van der Waals surface area (Å²) in [5.41, 5.74) is 0.609. The van der Waals surface area contributed by atoms with E-state index in [0.717, 1.165) is 23.8 Å². The molecule has 1 aromatic carbocycles. The Kier molecular flexibility index (Phi) is 5.78. The van der Waals surface area contributed by atoms with Gasteiger partial charge in [0.05, 0.1) is 11.4 Å². The second-order valence-electron chi connectivity index (χ2n) is 6.34. The molecule has 1 heterocycles. The van der Waals surface area contributed by atoms with Gasteiger partial charge in [-0.2, -0.15) is 0 Å². The summed E-state index contributed by atoms with van der Waals surface area (Å²) in [6.45, 7) is 4.49. The summed E-state index contributed by atoms with van der Waals surface area (Å²) in [5, 5.41) is 2.82. The lowest BCUT2D eigenvalue weighted by Gasteiger charge is -2.30. The van der Waals surface area contributed by atoms with Gasteiger partial charge in [-0.1, -0.05) is 6.92 Å². The van der Waals surface area contributed by atoms with Crippen molar-refractivity contribution >= 4 is 21.6 Å². The van der Waals surface area contributed by atoms with Crippen LogP contribution in [0, 0.1) is 5.92 Å². The number of benzene rings is 1. The van der Waals surface area contributed by atoms with Crippen LogP contribution in [0.25, 0.3) is 0 Å². The Bertz CT molecular complexity index is 641. The molecule has 1 aromatic rings. The molecular weight excluding hydrogens is 314 g/mol. The monoisotopic (exact) mass is 339 g/mol. The molecule has 128 valence electrons. The Labute approximate surface area is 138 Å². The third-order valence-corrected chi connectivity index (χ3v) is 5.85. The van der Waals surface area contributed by atoms with Gasteiger partial charge < -0.3 is 5.32 Å². The molecular formula is C16H25N3O3S. The Balaban J connectivity index is 1.94. The molecule has 2 rings (SSSR count). The van der Waals surface area contributed by atoms with Crippen molar-refractivity contribution < 1.29 is 13.2 Å². The molecule has 0 spiro atoms. The Morgan fingerprint density at radius 1 is 1.30 bits per heavy atom. The van der Waals surface area contributed by atoms with Gasteiger partial charge in [-0.25, -0.2) is 12.7 Å². The summed E-state index contributed by atoms with van der Waals surface area (Å²) in [6, 6.07) is 6.25. The molecule has 1 aliphatic heterocycles. The van der Waals surface area contributed by atoms with Crippen molar-refractivity contribution in [2.75, 3.05) is 39.0 Å². The topological polar surface area (TPSA) is 69.7 Å². The lowest BCUT2D eigenvalue weighted by Crippen LogP contribution is -2.39. The number of nitrogens with zero attached hydrogens (tertiary/aromatic N) is 2. The fraction of sp³-hybridized carbons (Fsp3) is 0.562. The van der Waals surface area contributed by atoms with Crippen LogP contribution < -0.4 is 5.32 Å². The highest BCUT2D eigenvalue weighted by atomic mass is 32.2. The SMILES string of the molecule is C[C@@H]1CCCN(CC(=O)Nc2ccc(S(=O)(=O)N(C)C)cc2)C1. The number of hydrogen-bond donors (Lipinski definition) is 1. The summed E-state index contributed by atoms with van der Waals surface area (Å²) >= 11 is 0. The third kappa shape index (κ3) is 4.76. The Morgan fingerprint density at radius 2 is 1.96 bits per heavy atom. The van der Waals surface area contributed by atoms with Crippen LogP contribution in [0.4, 0.5) is 5.69 Å². The highest BCUT2D eigenvalue weighted by Crippen LogP contribution is 2.17. The second kappa shape index (κ2) is 7.42. The standard InChI is InChI=1S/C16H25N3O3S/c1-13-5-4-10-19(11-13)12-16(20)17-14-6-8-15(9-7-14)23(21,22)18(2)3/h6-9,13H,4-5,10-12H2,1-3H3,(H,17,20)/t13-/m1/s1. The maximum Gasteiger partial charge on any atom is 0.242 e. The summed E-state index contributed by atoms with van der Waals surface area (Å²) in [7, 11) is -0.457. The fourth-order valence-corrected chi connectivity index (χ4v) is 3.66. The van der Waals surface area contributed by atoms with E-state index in [2.05, 4.69) is 17.1 Å². The largest absolute Gasteiger partial charge is 0.325 e. The number of carbonyl (C=O) groups is 1. The first-order valence-corrected chi connectivity index (χ1v) is 9.28. The second-order valence-corrected chi connectivity index (χ2v) is 8.49. The smallest absolute Gasteiger partial charge is 0.242 e. The van der Waals surface area contributed by atoms with E-state index < -0.39 is 10.0 Å². The average Bonchev–Trinajstić information content (AvgIpc) is 2.47. The van der Waals surface area contributed by atoms with Crippen LogP contribution in [0.3, 0.4) is 0 Å². The number of likely N-dealkylation sites (tertiary alicyclic amines) is 1. The van der Waals surface area contributed by atoms with Crippen LogP contribution in [-0.2, 0) is 14.8 Å². The maximum atomic E-state index is 12.1. The number of sulfonamides is 1. The first kappa shape index (κ1) is 17.9. The van der Waals surface area contributed by atoms with Crippen molar-refractivity contribution in [2.45, 2.75) is 24.7 Å². The molecule has 0 unspecified atom stereocenters. The van der Waals surface area contributed by atoms with E-state index in [9.17, 15) is 13.2 Å². The number of carbonyl (C=O) groups excluding carboxylic acids is 1. The molecule has 1 atom stereocenters. The molecule has 1 fully saturated rings. The van der Waals surface area contributed by atoms with Gasteiger partial charge in [0, 0.05) is 26.3 Å². The molecule has 1 amide bonds. The molecule has 0 bridgehead atoms. The van der Waals surface area contributed by atoms with E-state index in [1.54, 1.807) is 12.1 Å². The van der Waals surface area contributed by atoms with Crippen LogP contribution >= 0.6 is 0 Å². The van der Waals surface area contributed by atoms with Crippen molar-refractivity contribution in [2.24, 2.45) is 5.92 Å². The molecule has 7 heteroatoms. The van der Waals surface area contributed by atoms with Crippen LogP contribution in [0.15, 0.2) is 29.2 Å². The molecule has 0 aliphatic carbocycles. The number of hydrogen-bond acceptors (Lipinski definition) is 4. The van der Waals surface area contributed by atoms with Crippen molar-refractivity contribution in [1.29, 1.82) is 0 Å². The van der Waals surface area contributed by atoms with Gasteiger partial charge in [0.15, 0.2) is 0 Å². The molecule has 0 radical (unpaired) electrons. The molecule has 6 nitrogen and oxygen atoms in total. The van der Waals surface area contributed by atoms with Gasteiger partial charge in [0.25, 0.3) is 0 Å². The minimum absolute atomic E-state index is 0.0673. The predicted octanol–water partition coefficient (Wildman–Crippen LogP) is 1.61. The number of rotatable bonds is 5. The van der Waals surface area contributed by atoms with E-state index >= 15 is 0 Å². The van der Waals surface area contributed by atoms with Gasteiger partial charge >= 0.3 is 0 Å². The quantitative estimate of drug-likeness (QED) is 0.885. The highest BCUT2D eigenvalue weighted by Gasteiger charge is 2.19. The predicted molar refractivity (Wildman–Crippen MR) is 90.8 cm³/mol. The van der Waals surface area contributed by atoms with E-state index in [4.69, 9.17) is 0 Å². The van der Waals surface area contributed by atoms with E-state index in [1.807, 2.05) is 0 Å². The molecule has 1 aliphatic rings. The summed E-state index contributed by atoms with van der Waals surface area (Å²) < 4.78 is 25.1. The Morgan fingerprint density at radius 3 is 2.52 bits per heavy atom. The first-order chi connectivity index (χ1) is 10.8. The molecule has 0 saturated carbocycles. The first-order valence-electron chi connectivity index (χ1n) is 7.84. The van der Waals surface area contributed by atoms with Gasteiger partial charge in [0.1, 0.15) is 0 Å². The van der Waals surface area contributed by atoms with E-state index in [-0.39, 0.29) is 10.8 Å². The summed E-state index contributed by atoms with van der Waals surface area (Å²) in [5.74, 6) is 0.564. The van der Waals surface area contributed by atoms with Gasteiger partial charge in [0.2, 0.25) is 15.9 Å². The van der Waals surface area contributed by atoms with Crippen LogP contribution in [0.1, 0.15) is 19.8 Å². The normalized spacial score (nSPS) is 19.7. The summed E-state index contributed by atoms with van der Waals surface area (Å²) in [4.78, 5) is 14.5. The van der Waals surface area contributed by atoms with Crippen molar-refractivity contribution in [3.8, 4) is 0 Å². The highest BCUT2D eigenvalue weighted by molar-refractivity contribution is 7.89. The summed E-state index contributed by atoms with van der Waals surface area (Å²) in [6.07, 6.45) is 2.35. The van der Waals surface area contributed by atoms with Crippen molar-refractivity contribution in [3.63, 3.8) is 0 Å². The van der Waals surface area contributed by atoms with E-state index in [1.165, 1.54) is 32.6 Å². The molecule has 0 aromatic heterocycles. The molecule has 23 heavy (non-hydrogen) atoms. The van der Waals surface area contributed by atoms with E-state index in [0.29, 0.717) is 18.2 Å². The number of nitrogens with one attached hydrogen (secondary N) is 1. The van der Waals surface area contributed by atoms with Crippen LogP contribution in [0.2, 0.25) is 0 Å². The zero-order valence-electron chi connectivity index (χ0n) is 13.9. The molecule has 1 N–H and O–H groups in total. The minimum atomic E-state index is -3.44. The number of amides is 1. The van der Waals surface area contributed by atoms with Crippen molar-refractivity contribution in [3.05, 3.63) is 24.3 Å². The van der Waals surface area contributed by atoms with Crippen LogP contribution in [-0.4, -0.2) is 57.3 Å². The van der Waals surface area contributed by atoms with Crippen molar-refractivity contribution in [1.82, 2.24) is 9.21 Å².